The molecule has 1 aromatic heterocycles. The molecule has 1 saturated heterocycles. The number of rotatable bonds is 3. The largest absolute Gasteiger partial charge is 0.378 e. The van der Waals surface area contributed by atoms with Crippen LogP contribution in [-0.4, -0.2) is 31.2 Å². The van der Waals surface area contributed by atoms with Crippen LogP contribution in [0.3, 0.4) is 0 Å². The van der Waals surface area contributed by atoms with Crippen LogP contribution in [0.2, 0.25) is 0 Å². The summed E-state index contributed by atoms with van der Waals surface area (Å²) in [5, 5.41) is 11.7. The topological polar surface area (TPSA) is 55.6 Å². The van der Waals surface area contributed by atoms with Crippen molar-refractivity contribution in [3.8, 4) is 0 Å². The van der Waals surface area contributed by atoms with E-state index in [1.54, 1.807) is 17.4 Å². The van der Waals surface area contributed by atoms with E-state index in [-0.39, 0.29) is 10.6 Å². The van der Waals surface area contributed by atoms with Gasteiger partial charge in [0.1, 0.15) is 0 Å². The molecule has 0 spiro atoms. The number of morpholine rings is 1. The van der Waals surface area contributed by atoms with Crippen LogP contribution in [0.5, 0.6) is 0 Å². The zero-order valence-electron chi connectivity index (χ0n) is 9.59. The molecule has 5 nitrogen and oxygen atoms in total. The van der Waals surface area contributed by atoms with Crippen LogP contribution in [0.4, 0.5) is 5.00 Å². The Morgan fingerprint density at radius 3 is 2.88 bits per heavy atom. The lowest BCUT2D eigenvalue weighted by Crippen LogP contribution is -2.35. The Balaban J connectivity index is 2.10. The fraction of sp³-hybridized carbons (Fsp3) is 0.455. The first kappa shape index (κ1) is 12.1. The van der Waals surface area contributed by atoms with Crippen molar-refractivity contribution >= 4 is 22.4 Å². The maximum atomic E-state index is 10.5. The minimum Gasteiger partial charge on any atom is -0.378 e. The molecule has 0 saturated carbocycles. The van der Waals surface area contributed by atoms with Gasteiger partial charge in [-0.2, -0.15) is 0 Å². The summed E-state index contributed by atoms with van der Waals surface area (Å²) in [5.74, 6) is 0. The molecule has 6 heteroatoms. The molecule has 1 fully saturated rings. The lowest BCUT2D eigenvalue weighted by molar-refractivity contribution is -0.422. The average Bonchev–Trinajstić information content (AvgIpc) is 2.78. The quantitative estimate of drug-likeness (QED) is 0.613. The summed E-state index contributed by atoms with van der Waals surface area (Å²) >= 11 is 1.57. The Labute approximate surface area is 103 Å². The smallest absolute Gasteiger partial charge is 0.244 e. The van der Waals surface area contributed by atoms with Gasteiger partial charge in [0.05, 0.1) is 23.1 Å². The molecule has 1 aliphatic heterocycles. The third kappa shape index (κ3) is 3.04. The predicted molar refractivity (Wildman–Crippen MR) is 68.0 cm³/mol. The second kappa shape index (κ2) is 5.29. The van der Waals surface area contributed by atoms with E-state index in [0.717, 1.165) is 36.2 Å². The molecule has 1 aromatic rings. The van der Waals surface area contributed by atoms with Crippen molar-refractivity contribution in [3.63, 3.8) is 0 Å². The fourth-order valence-corrected chi connectivity index (χ4v) is 2.69. The minimum atomic E-state index is -0.367. The van der Waals surface area contributed by atoms with Crippen LogP contribution in [0.15, 0.2) is 17.8 Å². The van der Waals surface area contributed by atoms with Crippen molar-refractivity contribution in [3.05, 3.63) is 32.8 Å². The van der Waals surface area contributed by atoms with Crippen molar-refractivity contribution in [1.29, 1.82) is 0 Å². The molecule has 0 unspecified atom stereocenters. The van der Waals surface area contributed by atoms with E-state index >= 15 is 0 Å². The maximum Gasteiger partial charge on any atom is 0.244 e. The Morgan fingerprint density at radius 2 is 2.24 bits per heavy atom. The van der Waals surface area contributed by atoms with Crippen molar-refractivity contribution in [2.45, 2.75) is 6.92 Å². The monoisotopic (exact) mass is 254 g/mol. The lowest BCUT2D eigenvalue weighted by atomic mass is 10.3. The molecule has 17 heavy (non-hydrogen) atoms. The zero-order chi connectivity index (χ0) is 12.3. The number of nitrogens with zero attached hydrogens (tertiary/aromatic N) is 2. The molecular weight excluding hydrogens is 240 g/mol. The molecular formula is C11H14N2O3S. The normalized spacial score (nSPS) is 17.2. The van der Waals surface area contributed by atoms with Gasteiger partial charge < -0.3 is 9.64 Å². The molecule has 2 heterocycles. The van der Waals surface area contributed by atoms with Crippen LogP contribution in [0.1, 0.15) is 11.8 Å². The Morgan fingerprint density at radius 1 is 1.53 bits per heavy atom. The summed E-state index contributed by atoms with van der Waals surface area (Å²) in [6, 6.07) is 3.93. The molecule has 0 atom stereocenters. The Kier molecular flexibility index (Phi) is 3.75. The van der Waals surface area contributed by atoms with E-state index in [0.29, 0.717) is 0 Å². The molecule has 2 rings (SSSR count). The van der Waals surface area contributed by atoms with Crippen LogP contribution >= 0.6 is 11.3 Å². The number of nitro groups is 1. The van der Waals surface area contributed by atoms with Gasteiger partial charge >= 0.3 is 0 Å². The van der Waals surface area contributed by atoms with Crippen molar-refractivity contribution in [2.24, 2.45) is 0 Å². The van der Waals surface area contributed by atoms with E-state index in [1.165, 1.54) is 6.92 Å². The molecule has 92 valence electrons. The lowest BCUT2D eigenvalue weighted by Gasteiger charge is -2.27. The summed E-state index contributed by atoms with van der Waals surface area (Å²) in [6.07, 6.45) is 1.61. The van der Waals surface area contributed by atoms with Crippen LogP contribution in [-0.2, 0) is 4.74 Å². The van der Waals surface area contributed by atoms with Gasteiger partial charge in [-0.25, -0.2) is 0 Å². The number of allylic oxidation sites excluding steroid dienone is 1. The number of hydrogen-bond donors (Lipinski definition) is 0. The van der Waals surface area contributed by atoms with E-state index in [2.05, 4.69) is 4.90 Å². The number of anilines is 1. The van der Waals surface area contributed by atoms with Crippen molar-refractivity contribution in [1.82, 2.24) is 0 Å². The number of ether oxygens (including phenoxy) is 1. The molecule has 0 radical (unpaired) electrons. The highest BCUT2D eigenvalue weighted by Gasteiger charge is 2.13. The predicted octanol–water partition coefficient (Wildman–Crippen LogP) is 2.22. The summed E-state index contributed by atoms with van der Waals surface area (Å²) in [5.41, 5.74) is 0.167. The minimum absolute atomic E-state index is 0.167. The highest BCUT2D eigenvalue weighted by Crippen LogP contribution is 2.28. The van der Waals surface area contributed by atoms with Crippen LogP contribution in [0.25, 0.3) is 6.08 Å². The molecule has 1 aliphatic rings. The van der Waals surface area contributed by atoms with Crippen LogP contribution in [0, 0.1) is 10.1 Å². The molecule has 0 N–H and O–H groups in total. The van der Waals surface area contributed by atoms with Gasteiger partial charge in [0.15, 0.2) is 0 Å². The third-order valence-electron chi connectivity index (χ3n) is 2.57. The molecule has 0 aromatic carbocycles. The summed E-state index contributed by atoms with van der Waals surface area (Å²) < 4.78 is 5.29. The average molecular weight is 254 g/mol. The van der Waals surface area contributed by atoms with Gasteiger partial charge in [0.25, 0.3) is 0 Å². The highest BCUT2D eigenvalue weighted by molar-refractivity contribution is 7.16. The van der Waals surface area contributed by atoms with Gasteiger partial charge in [0.2, 0.25) is 5.70 Å². The van der Waals surface area contributed by atoms with E-state index < -0.39 is 0 Å². The zero-order valence-corrected chi connectivity index (χ0v) is 10.4. The maximum absolute atomic E-state index is 10.5. The number of hydrogen-bond acceptors (Lipinski definition) is 5. The summed E-state index contributed by atoms with van der Waals surface area (Å²) in [6.45, 7) is 4.78. The number of thiophene rings is 1. The first-order chi connectivity index (χ1) is 8.16. The van der Waals surface area contributed by atoms with Gasteiger partial charge in [0, 0.05) is 31.0 Å². The van der Waals surface area contributed by atoms with E-state index in [4.69, 9.17) is 4.74 Å². The summed E-state index contributed by atoms with van der Waals surface area (Å²) in [4.78, 5) is 13.3. The van der Waals surface area contributed by atoms with E-state index in [9.17, 15) is 10.1 Å². The molecule has 0 amide bonds. The Hall–Kier alpha value is -1.40. The highest BCUT2D eigenvalue weighted by atomic mass is 32.1. The van der Waals surface area contributed by atoms with Gasteiger partial charge in [-0.05, 0) is 12.1 Å². The summed E-state index contributed by atoms with van der Waals surface area (Å²) in [7, 11) is 0. The second-order valence-corrected chi connectivity index (χ2v) is 4.91. The van der Waals surface area contributed by atoms with Gasteiger partial charge in [-0.1, -0.05) is 0 Å². The first-order valence-electron chi connectivity index (χ1n) is 5.42. The van der Waals surface area contributed by atoms with Crippen LogP contribution < -0.4 is 4.90 Å². The second-order valence-electron chi connectivity index (χ2n) is 3.82. The third-order valence-corrected chi connectivity index (χ3v) is 3.67. The SMILES string of the molecule is C/C(=C\c1ccc(N2CCOCC2)s1)[N+](=O)[O-]. The van der Waals surface area contributed by atoms with Gasteiger partial charge in [-0.3, -0.25) is 10.1 Å². The van der Waals surface area contributed by atoms with Crippen molar-refractivity contribution in [2.75, 3.05) is 31.2 Å². The molecule has 0 aliphatic carbocycles. The van der Waals surface area contributed by atoms with E-state index in [1.807, 2.05) is 12.1 Å². The fourth-order valence-electron chi connectivity index (χ4n) is 1.63. The van der Waals surface area contributed by atoms with Gasteiger partial charge in [-0.15, -0.1) is 11.3 Å². The first-order valence-corrected chi connectivity index (χ1v) is 6.23. The van der Waals surface area contributed by atoms with Crippen molar-refractivity contribution < 1.29 is 9.66 Å². The Bertz CT molecular complexity index is 436. The standard InChI is InChI=1S/C11H14N2O3S/c1-9(13(14)15)8-10-2-3-11(17-10)12-4-6-16-7-5-12/h2-3,8H,4-7H2,1H3/b9-8+. The molecule has 0 bridgehead atoms.